The maximum atomic E-state index is 6.16. The van der Waals surface area contributed by atoms with E-state index in [1.165, 1.54) is 53.2 Å². The predicted octanol–water partition coefficient (Wildman–Crippen LogP) is 15.6. The molecule has 0 amide bonds. The van der Waals surface area contributed by atoms with Crippen molar-refractivity contribution < 1.29 is 4.42 Å². The Balaban J connectivity index is 1.01. The van der Waals surface area contributed by atoms with Crippen molar-refractivity contribution in [3.63, 3.8) is 0 Å². The summed E-state index contributed by atoms with van der Waals surface area (Å²) < 4.78 is 8.80. The fourth-order valence-corrected chi connectivity index (χ4v) is 9.24. The third-order valence-electron chi connectivity index (χ3n) is 10.9. The minimum absolute atomic E-state index is 0.903. The van der Waals surface area contributed by atoms with Gasteiger partial charge in [-0.3, -0.25) is 0 Å². The van der Waals surface area contributed by atoms with Gasteiger partial charge in [-0.2, -0.15) is 0 Å². The van der Waals surface area contributed by atoms with E-state index in [0.717, 1.165) is 50.1 Å². The molecule has 2 heterocycles. The number of nitrogens with zero attached hydrogens (tertiary/aromatic N) is 1. The van der Waals surface area contributed by atoms with Crippen LogP contribution in [0.4, 0.5) is 17.1 Å². The molecule has 3 heteroatoms. The molecule has 2 nitrogen and oxygen atoms in total. The Morgan fingerprint density at radius 1 is 0.327 bits per heavy atom. The van der Waals surface area contributed by atoms with Gasteiger partial charge in [0.05, 0.1) is 0 Å². The lowest BCUT2D eigenvalue weighted by atomic mass is 9.98. The van der Waals surface area contributed by atoms with Crippen molar-refractivity contribution in [1.29, 1.82) is 0 Å². The van der Waals surface area contributed by atoms with Gasteiger partial charge in [0.2, 0.25) is 0 Å². The largest absolute Gasteiger partial charge is 0.456 e. The van der Waals surface area contributed by atoms with E-state index in [1.54, 1.807) is 0 Å². The molecule has 0 bridgehead atoms. The average Bonchev–Trinajstić information content (AvgIpc) is 3.82. The maximum absolute atomic E-state index is 6.16. The van der Waals surface area contributed by atoms with Crippen LogP contribution < -0.4 is 4.90 Å². The second-order valence-electron chi connectivity index (χ2n) is 14.1. The summed E-state index contributed by atoms with van der Waals surface area (Å²) in [6.07, 6.45) is 0. The fourth-order valence-electron chi connectivity index (χ4n) is 8.15. The zero-order valence-corrected chi connectivity index (χ0v) is 30.6. The second-order valence-corrected chi connectivity index (χ2v) is 15.2. The normalized spacial score (nSPS) is 11.6. The summed E-state index contributed by atoms with van der Waals surface area (Å²) in [7, 11) is 0. The fraction of sp³-hybridized carbons (Fsp3) is 0. The molecule has 0 fully saturated rings. The molecule has 0 saturated carbocycles. The van der Waals surface area contributed by atoms with E-state index in [1.807, 2.05) is 23.5 Å². The van der Waals surface area contributed by atoms with Gasteiger partial charge in [-0.1, -0.05) is 127 Å². The Hall–Kier alpha value is -6.94. The van der Waals surface area contributed by atoms with Crippen LogP contribution in [0.25, 0.3) is 86.3 Å². The van der Waals surface area contributed by atoms with Crippen LogP contribution >= 0.6 is 11.3 Å². The monoisotopic (exact) mass is 719 g/mol. The predicted molar refractivity (Wildman–Crippen MR) is 235 cm³/mol. The highest BCUT2D eigenvalue weighted by Crippen LogP contribution is 2.41. The van der Waals surface area contributed by atoms with Gasteiger partial charge < -0.3 is 9.32 Å². The highest BCUT2D eigenvalue weighted by atomic mass is 32.1. The van der Waals surface area contributed by atoms with E-state index in [0.29, 0.717) is 0 Å². The Bertz CT molecular complexity index is 3200. The lowest BCUT2D eigenvalue weighted by molar-refractivity contribution is 0.669. The van der Waals surface area contributed by atoms with Crippen molar-refractivity contribution >= 4 is 81.3 Å². The number of thiophene rings is 1. The van der Waals surface area contributed by atoms with Crippen molar-refractivity contribution in [2.24, 2.45) is 0 Å². The molecule has 258 valence electrons. The van der Waals surface area contributed by atoms with Gasteiger partial charge in [-0.05, 0) is 117 Å². The van der Waals surface area contributed by atoms with Gasteiger partial charge in [-0.25, -0.2) is 0 Å². The number of rotatable bonds is 6. The van der Waals surface area contributed by atoms with Gasteiger partial charge >= 0.3 is 0 Å². The van der Waals surface area contributed by atoms with E-state index in [4.69, 9.17) is 4.42 Å². The van der Waals surface area contributed by atoms with Gasteiger partial charge in [-0.15, -0.1) is 11.3 Å². The number of furan rings is 1. The third-order valence-corrected chi connectivity index (χ3v) is 12.0. The molecule has 55 heavy (non-hydrogen) atoms. The quantitative estimate of drug-likeness (QED) is 0.170. The molecule has 2 aromatic heterocycles. The molecule has 0 N–H and O–H groups in total. The molecular formula is C52H33NOS. The summed E-state index contributed by atoms with van der Waals surface area (Å²) in [5, 5.41) is 7.40. The highest BCUT2D eigenvalue weighted by molar-refractivity contribution is 7.25. The Kier molecular flexibility index (Phi) is 7.39. The first-order valence-corrected chi connectivity index (χ1v) is 19.5. The number of fused-ring (bicyclic) bond motifs is 7. The van der Waals surface area contributed by atoms with Crippen LogP contribution in [0.5, 0.6) is 0 Å². The summed E-state index contributed by atoms with van der Waals surface area (Å²) in [6, 6.07) is 72.3. The van der Waals surface area contributed by atoms with Crippen LogP contribution in [-0.4, -0.2) is 0 Å². The summed E-state index contributed by atoms with van der Waals surface area (Å²) in [4.78, 5) is 2.36. The first-order valence-electron chi connectivity index (χ1n) is 18.7. The minimum Gasteiger partial charge on any atom is -0.456 e. The molecule has 0 atom stereocenters. The van der Waals surface area contributed by atoms with E-state index < -0.39 is 0 Å². The molecule has 0 spiro atoms. The summed E-state index contributed by atoms with van der Waals surface area (Å²) in [6.45, 7) is 0. The van der Waals surface area contributed by atoms with Crippen LogP contribution in [0.3, 0.4) is 0 Å². The molecule has 11 aromatic rings. The molecule has 11 rings (SSSR count). The smallest absolute Gasteiger partial charge is 0.135 e. The third kappa shape index (κ3) is 5.48. The number of para-hydroxylation sites is 1. The first-order chi connectivity index (χ1) is 27.2. The van der Waals surface area contributed by atoms with E-state index in [2.05, 4.69) is 193 Å². The van der Waals surface area contributed by atoms with E-state index in [-0.39, 0.29) is 0 Å². The zero-order chi connectivity index (χ0) is 36.3. The van der Waals surface area contributed by atoms with Gasteiger partial charge in [0, 0.05) is 48.0 Å². The molecule has 0 radical (unpaired) electrons. The van der Waals surface area contributed by atoms with Crippen molar-refractivity contribution in [1.82, 2.24) is 0 Å². The molecule has 0 aliphatic heterocycles. The van der Waals surface area contributed by atoms with E-state index in [9.17, 15) is 0 Å². The topological polar surface area (TPSA) is 16.4 Å². The van der Waals surface area contributed by atoms with Crippen molar-refractivity contribution in [2.75, 3.05) is 4.90 Å². The van der Waals surface area contributed by atoms with Gasteiger partial charge in [0.15, 0.2) is 0 Å². The molecule has 0 unspecified atom stereocenters. The number of hydrogen-bond acceptors (Lipinski definition) is 3. The van der Waals surface area contributed by atoms with Gasteiger partial charge in [0.25, 0.3) is 0 Å². The minimum atomic E-state index is 0.903. The Morgan fingerprint density at radius 3 is 1.76 bits per heavy atom. The van der Waals surface area contributed by atoms with Crippen LogP contribution in [0.1, 0.15) is 0 Å². The zero-order valence-electron chi connectivity index (χ0n) is 29.8. The van der Waals surface area contributed by atoms with Crippen molar-refractivity contribution in [3.8, 4) is 33.4 Å². The van der Waals surface area contributed by atoms with Gasteiger partial charge in [0.1, 0.15) is 11.2 Å². The molecular weight excluding hydrogens is 687 g/mol. The first kappa shape index (κ1) is 31.6. The standard InChI is InChI=1S/C52H33NOS/c1-2-13-43-35(9-1)10-8-16-44(43)36-21-27-41(28-22-36)53(40-25-19-34(20-26-40)38-24-30-52-48(33-38)46-15-4-6-18-51(46)55-52)42-12-7-11-37(31-42)39-23-29-50-47(32-39)45-14-3-5-17-49(45)54-50/h1-33H. The second kappa shape index (κ2) is 12.9. The van der Waals surface area contributed by atoms with Crippen molar-refractivity contribution in [3.05, 3.63) is 200 Å². The van der Waals surface area contributed by atoms with Crippen LogP contribution in [-0.2, 0) is 0 Å². The molecule has 0 aliphatic rings. The number of benzene rings is 9. The van der Waals surface area contributed by atoms with Crippen LogP contribution in [0, 0.1) is 0 Å². The molecule has 0 aliphatic carbocycles. The van der Waals surface area contributed by atoms with Crippen LogP contribution in [0.15, 0.2) is 205 Å². The van der Waals surface area contributed by atoms with Crippen molar-refractivity contribution in [2.45, 2.75) is 0 Å². The lowest BCUT2D eigenvalue weighted by Gasteiger charge is -2.26. The Labute approximate surface area is 322 Å². The molecule has 0 saturated heterocycles. The highest BCUT2D eigenvalue weighted by Gasteiger charge is 2.16. The summed E-state index contributed by atoms with van der Waals surface area (Å²) >= 11 is 1.86. The Morgan fingerprint density at radius 2 is 0.909 bits per heavy atom. The number of hydrogen-bond donors (Lipinski definition) is 0. The number of anilines is 3. The van der Waals surface area contributed by atoms with Crippen LogP contribution in [0.2, 0.25) is 0 Å². The lowest BCUT2D eigenvalue weighted by Crippen LogP contribution is -2.10. The average molecular weight is 720 g/mol. The maximum Gasteiger partial charge on any atom is 0.135 e. The van der Waals surface area contributed by atoms with E-state index >= 15 is 0 Å². The molecule has 9 aromatic carbocycles. The SMILES string of the molecule is c1cc(-c2ccc3oc4ccccc4c3c2)cc(N(c2ccc(-c3ccc4sc5ccccc5c4c3)cc2)c2ccc(-c3cccc4ccccc34)cc2)c1. The summed E-state index contributed by atoms with van der Waals surface area (Å²) in [5.41, 5.74) is 12.2. The summed E-state index contributed by atoms with van der Waals surface area (Å²) in [5.74, 6) is 0.